The molecule has 0 aromatic heterocycles. The number of carbonyl (C=O) groups excluding carboxylic acids is 2. The van der Waals surface area contributed by atoms with Gasteiger partial charge in [0.2, 0.25) is 0 Å². The number of carboxylic acid groups (broad SMARTS) is 1. The first kappa shape index (κ1) is 21.4. The van der Waals surface area contributed by atoms with Crippen molar-refractivity contribution >= 4 is 35.1 Å². The van der Waals surface area contributed by atoms with E-state index in [1.807, 2.05) is 24.3 Å². The predicted octanol–water partition coefficient (Wildman–Crippen LogP) is 3.89. The maximum atomic E-state index is 13.0. The number of nitrogens with one attached hydrogen (secondary N) is 1. The smallest absolute Gasteiger partial charge is 0.322 e. The molecule has 3 aromatic rings. The van der Waals surface area contributed by atoms with Crippen molar-refractivity contribution in [3.8, 4) is 5.75 Å². The lowest BCUT2D eigenvalue weighted by atomic mass is 10.1. The van der Waals surface area contributed by atoms with E-state index in [9.17, 15) is 14.4 Å². The lowest BCUT2D eigenvalue weighted by molar-refractivity contribution is -0.135. The fourth-order valence-electron chi connectivity index (χ4n) is 3.44. The van der Waals surface area contributed by atoms with Crippen molar-refractivity contribution in [3.63, 3.8) is 0 Å². The summed E-state index contributed by atoms with van der Waals surface area (Å²) < 4.78 is 5.99. The number of ether oxygens (including phenoxy) is 1. The molecule has 32 heavy (non-hydrogen) atoms. The standard InChI is InChI=1S/C24H19ClN2O5/c25-18-8-5-15(6-9-18)14-32-21-10-7-16(23(30)26-12-22(28)29)11-20(21)27-13-17-3-1-2-4-19(17)24(27)31/h1-11H,12-14H2,(H,26,30)(H,28,29). The number of benzene rings is 3. The van der Waals surface area contributed by atoms with Gasteiger partial charge in [-0.05, 0) is 47.5 Å². The van der Waals surface area contributed by atoms with E-state index < -0.39 is 18.4 Å². The van der Waals surface area contributed by atoms with Crippen LogP contribution in [0.5, 0.6) is 5.75 Å². The van der Waals surface area contributed by atoms with Crippen LogP contribution in [-0.2, 0) is 17.9 Å². The van der Waals surface area contributed by atoms with Crippen LogP contribution in [0.2, 0.25) is 5.02 Å². The second kappa shape index (κ2) is 9.11. The van der Waals surface area contributed by atoms with Gasteiger partial charge in [-0.1, -0.05) is 41.9 Å². The molecule has 2 amide bonds. The van der Waals surface area contributed by atoms with Gasteiger partial charge < -0.3 is 20.1 Å². The zero-order valence-corrected chi connectivity index (χ0v) is 17.6. The number of amides is 2. The van der Waals surface area contributed by atoms with Gasteiger partial charge in [-0.25, -0.2) is 0 Å². The Kier molecular flexibility index (Phi) is 6.09. The highest BCUT2D eigenvalue weighted by atomic mass is 35.5. The summed E-state index contributed by atoms with van der Waals surface area (Å²) in [4.78, 5) is 37.8. The summed E-state index contributed by atoms with van der Waals surface area (Å²) in [5, 5.41) is 11.8. The highest BCUT2D eigenvalue weighted by Crippen LogP contribution is 2.36. The number of carbonyl (C=O) groups is 3. The lowest BCUT2D eigenvalue weighted by Crippen LogP contribution is -2.30. The second-order valence-electron chi connectivity index (χ2n) is 7.22. The van der Waals surface area contributed by atoms with Gasteiger partial charge in [0.15, 0.2) is 0 Å². The summed E-state index contributed by atoms with van der Waals surface area (Å²) in [6.07, 6.45) is 0. The Bertz CT molecular complexity index is 1190. The summed E-state index contributed by atoms with van der Waals surface area (Å²) in [5.74, 6) is -1.47. The average molecular weight is 451 g/mol. The van der Waals surface area contributed by atoms with Crippen LogP contribution in [0.25, 0.3) is 0 Å². The Morgan fingerprint density at radius 2 is 1.81 bits per heavy atom. The molecule has 0 spiro atoms. The quantitative estimate of drug-likeness (QED) is 0.569. The largest absolute Gasteiger partial charge is 0.487 e. The number of aliphatic carboxylic acids is 1. The molecule has 4 rings (SSSR count). The fourth-order valence-corrected chi connectivity index (χ4v) is 3.57. The molecule has 0 saturated carbocycles. The molecule has 1 heterocycles. The van der Waals surface area contributed by atoms with Crippen molar-refractivity contribution < 1.29 is 24.2 Å². The summed E-state index contributed by atoms with van der Waals surface area (Å²) >= 11 is 5.93. The van der Waals surface area contributed by atoms with E-state index in [0.717, 1.165) is 11.1 Å². The zero-order valence-electron chi connectivity index (χ0n) is 16.9. The summed E-state index contributed by atoms with van der Waals surface area (Å²) in [7, 11) is 0. The first-order valence-electron chi connectivity index (χ1n) is 9.83. The van der Waals surface area contributed by atoms with Gasteiger partial charge in [-0.15, -0.1) is 0 Å². The van der Waals surface area contributed by atoms with Gasteiger partial charge >= 0.3 is 5.97 Å². The van der Waals surface area contributed by atoms with Crippen molar-refractivity contribution in [2.45, 2.75) is 13.2 Å². The molecule has 0 unspecified atom stereocenters. The van der Waals surface area contributed by atoms with Crippen LogP contribution in [0, 0.1) is 0 Å². The van der Waals surface area contributed by atoms with Crippen LogP contribution in [0.15, 0.2) is 66.7 Å². The molecule has 3 aromatic carbocycles. The van der Waals surface area contributed by atoms with Crippen molar-refractivity contribution in [2.24, 2.45) is 0 Å². The van der Waals surface area contributed by atoms with E-state index in [1.54, 1.807) is 35.2 Å². The number of halogens is 1. The molecule has 2 N–H and O–H groups in total. The third-order valence-electron chi connectivity index (χ3n) is 5.04. The predicted molar refractivity (Wildman–Crippen MR) is 119 cm³/mol. The minimum atomic E-state index is -1.15. The van der Waals surface area contributed by atoms with Gasteiger partial charge in [0.05, 0.1) is 12.2 Å². The minimum Gasteiger partial charge on any atom is -0.487 e. The van der Waals surface area contributed by atoms with Crippen LogP contribution >= 0.6 is 11.6 Å². The van der Waals surface area contributed by atoms with Crippen molar-refractivity contribution in [1.29, 1.82) is 0 Å². The number of carboxylic acids is 1. The molecule has 0 saturated heterocycles. The Balaban J connectivity index is 1.64. The Hall–Kier alpha value is -3.84. The summed E-state index contributed by atoms with van der Waals surface area (Å²) in [5.41, 5.74) is 3.02. The number of hydrogen-bond donors (Lipinski definition) is 2. The SMILES string of the molecule is O=C(O)CNC(=O)c1ccc(OCc2ccc(Cl)cc2)c(N2Cc3ccccc3C2=O)c1. The van der Waals surface area contributed by atoms with E-state index >= 15 is 0 Å². The van der Waals surface area contributed by atoms with Crippen LogP contribution < -0.4 is 15.0 Å². The monoisotopic (exact) mass is 450 g/mol. The van der Waals surface area contributed by atoms with Crippen molar-refractivity contribution in [2.75, 3.05) is 11.4 Å². The van der Waals surface area contributed by atoms with E-state index in [-0.39, 0.29) is 18.1 Å². The molecule has 7 nitrogen and oxygen atoms in total. The average Bonchev–Trinajstić information content (AvgIpc) is 3.13. The number of fused-ring (bicyclic) bond motifs is 1. The minimum absolute atomic E-state index is 0.194. The van der Waals surface area contributed by atoms with Crippen LogP contribution in [0.1, 0.15) is 31.8 Å². The third-order valence-corrected chi connectivity index (χ3v) is 5.29. The number of anilines is 1. The zero-order chi connectivity index (χ0) is 22.7. The van der Waals surface area contributed by atoms with Gasteiger partial charge in [0, 0.05) is 16.1 Å². The van der Waals surface area contributed by atoms with Crippen LogP contribution in [0.4, 0.5) is 5.69 Å². The Morgan fingerprint density at radius 1 is 1.06 bits per heavy atom. The Morgan fingerprint density at radius 3 is 2.53 bits per heavy atom. The molecule has 0 atom stereocenters. The maximum absolute atomic E-state index is 13.0. The van der Waals surface area contributed by atoms with Crippen LogP contribution in [0.3, 0.4) is 0 Å². The second-order valence-corrected chi connectivity index (χ2v) is 7.66. The van der Waals surface area contributed by atoms with Crippen molar-refractivity contribution in [3.05, 3.63) is 94.0 Å². The van der Waals surface area contributed by atoms with Crippen molar-refractivity contribution in [1.82, 2.24) is 5.32 Å². The van der Waals surface area contributed by atoms with E-state index in [0.29, 0.717) is 28.6 Å². The topological polar surface area (TPSA) is 95.9 Å². The summed E-state index contributed by atoms with van der Waals surface area (Å²) in [6, 6.07) is 19.2. The third kappa shape index (κ3) is 4.58. The molecule has 0 radical (unpaired) electrons. The molecule has 0 bridgehead atoms. The first-order valence-corrected chi connectivity index (χ1v) is 10.2. The van der Waals surface area contributed by atoms with Gasteiger partial charge in [0.1, 0.15) is 18.9 Å². The van der Waals surface area contributed by atoms with E-state index in [2.05, 4.69) is 5.32 Å². The number of hydrogen-bond acceptors (Lipinski definition) is 4. The van der Waals surface area contributed by atoms with Gasteiger partial charge in [-0.2, -0.15) is 0 Å². The molecule has 0 fully saturated rings. The molecule has 8 heteroatoms. The normalized spacial score (nSPS) is 12.4. The van der Waals surface area contributed by atoms with Gasteiger partial charge in [-0.3, -0.25) is 14.4 Å². The molecule has 0 aliphatic carbocycles. The van der Waals surface area contributed by atoms with E-state index in [4.69, 9.17) is 21.4 Å². The molecule has 162 valence electrons. The highest BCUT2D eigenvalue weighted by Gasteiger charge is 2.30. The van der Waals surface area contributed by atoms with Crippen LogP contribution in [-0.4, -0.2) is 29.4 Å². The van der Waals surface area contributed by atoms with Gasteiger partial charge in [0.25, 0.3) is 11.8 Å². The van der Waals surface area contributed by atoms with E-state index in [1.165, 1.54) is 12.1 Å². The number of rotatable bonds is 7. The number of nitrogens with zero attached hydrogens (tertiary/aromatic N) is 1. The molecular weight excluding hydrogens is 432 g/mol. The fraction of sp³-hybridized carbons (Fsp3) is 0.125. The first-order chi connectivity index (χ1) is 15.4. The summed E-state index contributed by atoms with van der Waals surface area (Å²) in [6.45, 7) is 0.0767. The maximum Gasteiger partial charge on any atom is 0.322 e. The molecule has 1 aliphatic heterocycles. The molecular formula is C24H19ClN2O5. The lowest BCUT2D eigenvalue weighted by Gasteiger charge is -2.21. The highest BCUT2D eigenvalue weighted by molar-refractivity contribution is 6.30. The molecule has 1 aliphatic rings. The Labute approximate surface area is 189 Å².